The first-order valence-electron chi connectivity index (χ1n) is 15.0. The molecule has 0 spiro atoms. The fraction of sp³-hybridized carbons (Fsp3) is 0.333. The van der Waals surface area contributed by atoms with Gasteiger partial charge in [0.2, 0.25) is 0 Å². The number of fused-ring (bicyclic) bond motifs is 1. The number of aromatic nitrogens is 2. The first kappa shape index (κ1) is 33.2. The molecule has 11 nitrogen and oxygen atoms in total. The zero-order chi connectivity index (χ0) is 32.6. The van der Waals surface area contributed by atoms with Gasteiger partial charge in [-0.1, -0.05) is 63.2 Å². The van der Waals surface area contributed by atoms with Crippen molar-refractivity contribution in [3.8, 4) is 11.1 Å². The molecule has 12 heteroatoms. The summed E-state index contributed by atoms with van der Waals surface area (Å²) >= 11 is 0. The van der Waals surface area contributed by atoms with Crippen molar-refractivity contribution < 1.29 is 22.7 Å². The summed E-state index contributed by atoms with van der Waals surface area (Å²) < 4.78 is 34.9. The molecule has 238 valence electrons. The Kier molecular flexibility index (Phi) is 10.9. The maximum Gasteiger partial charge on any atom is 0.421 e. The maximum atomic E-state index is 13.7. The number of nitrogens with zero attached hydrogens (tertiary/aromatic N) is 2. The standard InChI is InChI=1S/C33H39N5O6S/c1-5-9-30-36-28-17-16-25(35-32(40)34-6-2)20-27(28)31(39)38(30)21-23-12-14-24(15-13-23)26-10-7-8-11-29(26)45(42,43)37-33(41)44-19-18-22(3)4/h7-8,10-17,20,22H,5-6,9,18-19,21H2,1-4H3,(H,37,41)(H2,34,35,40). The summed E-state index contributed by atoms with van der Waals surface area (Å²) in [5.74, 6) is 0.953. The Balaban J connectivity index is 1.61. The van der Waals surface area contributed by atoms with Gasteiger partial charge in [-0.3, -0.25) is 9.36 Å². The molecule has 0 fully saturated rings. The van der Waals surface area contributed by atoms with E-state index in [1.54, 1.807) is 53.1 Å². The SMILES string of the molecule is CCCc1nc2ccc(NC(=O)NCC)cc2c(=O)n1Cc1ccc(-c2ccccc2S(=O)(=O)NC(=O)OCCC(C)C)cc1. The van der Waals surface area contributed by atoms with Crippen LogP contribution in [-0.4, -0.2) is 43.2 Å². The van der Waals surface area contributed by atoms with Gasteiger partial charge in [0.1, 0.15) is 5.82 Å². The van der Waals surface area contributed by atoms with Gasteiger partial charge in [-0.2, -0.15) is 0 Å². The van der Waals surface area contributed by atoms with E-state index >= 15 is 0 Å². The lowest BCUT2D eigenvalue weighted by atomic mass is 10.0. The summed E-state index contributed by atoms with van der Waals surface area (Å²) in [6.45, 7) is 8.62. The van der Waals surface area contributed by atoms with E-state index in [0.29, 0.717) is 58.8 Å². The van der Waals surface area contributed by atoms with Gasteiger partial charge in [0.05, 0.1) is 29.0 Å². The van der Waals surface area contributed by atoms with E-state index in [-0.39, 0.29) is 29.6 Å². The van der Waals surface area contributed by atoms with Crippen LogP contribution in [0, 0.1) is 5.92 Å². The smallest absolute Gasteiger partial charge is 0.421 e. The van der Waals surface area contributed by atoms with E-state index < -0.39 is 16.1 Å². The molecule has 1 aromatic heterocycles. The van der Waals surface area contributed by atoms with Crippen LogP contribution in [0.3, 0.4) is 0 Å². The molecule has 3 N–H and O–H groups in total. The van der Waals surface area contributed by atoms with Crippen LogP contribution in [0.25, 0.3) is 22.0 Å². The first-order valence-corrected chi connectivity index (χ1v) is 16.5. The highest BCUT2D eigenvalue weighted by Crippen LogP contribution is 2.28. The predicted molar refractivity (Wildman–Crippen MR) is 175 cm³/mol. The molecular formula is C33H39N5O6S. The lowest BCUT2D eigenvalue weighted by molar-refractivity contribution is 0.146. The zero-order valence-electron chi connectivity index (χ0n) is 25.9. The highest BCUT2D eigenvalue weighted by atomic mass is 32.2. The van der Waals surface area contributed by atoms with Crippen LogP contribution in [0.4, 0.5) is 15.3 Å². The van der Waals surface area contributed by atoms with E-state index in [9.17, 15) is 22.8 Å². The van der Waals surface area contributed by atoms with Crippen LogP contribution in [0.15, 0.2) is 76.4 Å². The largest absolute Gasteiger partial charge is 0.449 e. The van der Waals surface area contributed by atoms with Gasteiger partial charge in [-0.05, 0) is 61.1 Å². The molecule has 0 unspecified atom stereocenters. The second-order valence-corrected chi connectivity index (χ2v) is 12.7. The molecule has 4 aromatic rings. The van der Waals surface area contributed by atoms with Gasteiger partial charge in [0.25, 0.3) is 15.6 Å². The van der Waals surface area contributed by atoms with Crippen LogP contribution in [0.2, 0.25) is 0 Å². The quantitative estimate of drug-likeness (QED) is 0.182. The second kappa shape index (κ2) is 14.8. The summed E-state index contributed by atoms with van der Waals surface area (Å²) in [4.78, 5) is 42.6. The Labute approximate surface area is 263 Å². The number of sulfonamides is 1. The van der Waals surface area contributed by atoms with Gasteiger partial charge in [0.15, 0.2) is 0 Å². The second-order valence-electron chi connectivity index (χ2n) is 11.0. The minimum atomic E-state index is -4.21. The summed E-state index contributed by atoms with van der Waals surface area (Å²) in [5, 5.41) is 5.78. The average molecular weight is 634 g/mol. The first-order chi connectivity index (χ1) is 21.5. The number of carbonyl (C=O) groups is 2. The summed E-state index contributed by atoms with van der Waals surface area (Å²) in [6.07, 6.45) is 0.983. The summed E-state index contributed by atoms with van der Waals surface area (Å²) in [5.41, 5.74) is 2.64. The fourth-order valence-electron chi connectivity index (χ4n) is 4.75. The molecule has 0 aliphatic rings. The minimum absolute atomic E-state index is 0.0595. The van der Waals surface area contributed by atoms with Gasteiger partial charge in [0, 0.05) is 24.2 Å². The number of ether oxygens (including phenoxy) is 1. The maximum absolute atomic E-state index is 13.7. The number of nitrogens with one attached hydrogen (secondary N) is 3. The number of urea groups is 1. The van der Waals surface area contributed by atoms with Crippen LogP contribution < -0.4 is 20.9 Å². The van der Waals surface area contributed by atoms with Crippen LogP contribution in [0.5, 0.6) is 0 Å². The number of aryl methyl sites for hydroxylation is 1. The lowest BCUT2D eigenvalue weighted by Gasteiger charge is -2.15. The molecule has 1 heterocycles. The van der Waals surface area contributed by atoms with E-state index in [1.165, 1.54) is 6.07 Å². The van der Waals surface area contributed by atoms with E-state index in [2.05, 4.69) is 10.6 Å². The Bertz CT molecular complexity index is 1840. The average Bonchev–Trinajstić information content (AvgIpc) is 2.99. The molecule has 0 bridgehead atoms. The molecule has 0 aliphatic carbocycles. The summed E-state index contributed by atoms with van der Waals surface area (Å²) in [6, 6.07) is 18.3. The van der Waals surface area contributed by atoms with Crippen molar-refractivity contribution in [3.63, 3.8) is 0 Å². The van der Waals surface area contributed by atoms with Crippen molar-refractivity contribution in [2.75, 3.05) is 18.5 Å². The highest BCUT2D eigenvalue weighted by Gasteiger charge is 2.22. The van der Waals surface area contributed by atoms with Gasteiger partial charge < -0.3 is 15.4 Å². The van der Waals surface area contributed by atoms with Gasteiger partial charge in [-0.25, -0.2) is 27.7 Å². The molecule has 0 aliphatic heterocycles. The number of anilines is 1. The molecule has 0 radical (unpaired) electrons. The Hall–Kier alpha value is -4.71. The van der Waals surface area contributed by atoms with Crippen molar-refractivity contribution in [3.05, 3.63) is 88.5 Å². The third-order valence-corrected chi connectivity index (χ3v) is 8.40. The van der Waals surface area contributed by atoms with E-state index in [1.807, 2.05) is 44.5 Å². The zero-order valence-corrected chi connectivity index (χ0v) is 26.7. The highest BCUT2D eigenvalue weighted by molar-refractivity contribution is 7.90. The fourth-order valence-corrected chi connectivity index (χ4v) is 5.87. The van der Waals surface area contributed by atoms with E-state index in [0.717, 1.165) is 12.0 Å². The molecule has 0 saturated heterocycles. The number of benzene rings is 3. The normalized spacial score (nSPS) is 11.4. The monoisotopic (exact) mass is 633 g/mol. The van der Waals surface area contributed by atoms with Crippen molar-refractivity contribution in [1.29, 1.82) is 0 Å². The van der Waals surface area contributed by atoms with Crippen molar-refractivity contribution in [2.45, 2.75) is 58.4 Å². The van der Waals surface area contributed by atoms with Crippen LogP contribution >= 0.6 is 0 Å². The predicted octanol–water partition coefficient (Wildman–Crippen LogP) is 5.67. The molecule has 3 amide bonds. The van der Waals surface area contributed by atoms with Crippen LogP contribution in [0.1, 0.15) is 51.9 Å². The van der Waals surface area contributed by atoms with Gasteiger partial charge in [-0.15, -0.1) is 0 Å². The molecule has 0 saturated carbocycles. The third-order valence-electron chi connectivity index (χ3n) is 7.03. The number of rotatable bonds is 12. The topological polar surface area (TPSA) is 148 Å². The Morgan fingerprint density at radius 2 is 1.73 bits per heavy atom. The Morgan fingerprint density at radius 1 is 1.00 bits per heavy atom. The summed E-state index contributed by atoms with van der Waals surface area (Å²) in [7, 11) is -4.21. The molecule has 45 heavy (non-hydrogen) atoms. The Morgan fingerprint density at radius 3 is 2.42 bits per heavy atom. The van der Waals surface area contributed by atoms with Crippen molar-refractivity contribution >= 4 is 38.7 Å². The van der Waals surface area contributed by atoms with Gasteiger partial charge >= 0.3 is 12.1 Å². The third kappa shape index (κ3) is 8.48. The van der Waals surface area contributed by atoms with Crippen LogP contribution in [-0.2, 0) is 27.7 Å². The molecular weight excluding hydrogens is 594 g/mol. The van der Waals surface area contributed by atoms with Crippen molar-refractivity contribution in [1.82, 2.24) is 19.6 Å². The molecule has 3 aromatic carbocycles. The van der Waals surface area contributed by atoms with Crippen molar-refractivity contribution in [2.24, 2.45) is 5.92 Å². The minimum Gasteiger partial charge on any atom is -0.449 e. The number of amides is 3. The van der Waals surface area contributed by atoms with E-state index in [4.69, 9.17) is 9.72 Å². The molecule has 0 atom stereocenters. The molecule has 4 rings (SSSR count). The lowest BCUT2D eigenvalue weighted by Crippen LogP contribution is -2.31. The number of hydrogen-bond donors (Lipinski definition) is 3. The number of carbonyl (C=O) groups excluding carboxylic acids is 2. The number of hydrogen-bond acceptors (Lipinski definition) is 7.